The van der Waals surface area contributed by atoms with Gasteiger partial charge in [-0.2, -0.15) is 0 Å². The minimum atomic E-state index is -0.544. The van der Waals surface area contributed by atoms with Crippen LogP contribution in [0.4, 0.5) is 0 Å². The predicted molar refractivity (Wildman–Crippen MR) is 34.1 cm³/mol. The summed E-state index contributed by atoms with van der Waals surface area (Å²) in [7, 11) is 0. The van der Waals surface area contributed by atoms with E-state index in [1.807, 2.05) is 6.08 Å². The second-order valence-electron chi connectivity index (χ2n) is 2.33. The van der Waals surface area contributed by atoms with Crippen LogP contribution in [0, 0.1) is 5.92 Å². The summed E-state index contributed by atoms with van der Waals surface area (Å²) in [5.74, 6) is 0.506. The Morgan fingerprint density at radius 3 is 1.75 bits per heavy atom. The lowest BCUT2D eigenvalue weighted by Crippen LogP contribution is -1.90. The zero-order valence-corrected chi connectivity index (χ0v) is 5.72. The molecule has 47 valence electrons. The van der Waals surface area contributed by atoms with Crippen LogP contribution in [0.5, 0.6) is 0 Å². The summed E-state index contributed by atoms with van der Waals surface area (Å²) in [6.07, 6.45) is 3.07. The molecule has 0 aliphatic heterocycles. The van der Waals surface area contributed by atoms with Gasteiger partial charge in [-0.15, -0.1) is 0 Å². The van der Waals surface area contributed by atoms with Crippen LogP contribution in [0.1, 0.15) is 20.8 Å². The smallest absolute Gasteiger partial charge is 0.108 e. The van der Waals surface area contributed by atoms with Crippen molar-refractivity contribution in [3.8, 4) is 0 Å². The Balaban J connectivity index is 3.34. The summed E-state index contributed by atoms with van der Waals surface area (Å²) in [4.78, 5) is 0. The van der Waals surface area contributed by atoms with Gasteiger partial charge in [0.25, 0.3) is 0 Å². The number of rotatable bonds is 2. The summed E-state index contributed by atoms with van der Waals surface area (Å²) < 4.78 is 0. The van der Waals surface area contributed by atoms with Gasteiger partial charge in [-0.05, 0) is 12.8 Å². The highest BCUT2D eigenvalue weighted by molar-refractivity contribution is 4.87. The molecular formula is C7H13O. The van der Waals surface area contributed by atoms with Crippen molar-refractivity contribution in [3.05, 3.63) is 12.2 Å². The first kappa shape index (κ1) is 7.70. The van der Waals surface area contributed by atoms with E-state index in [1.54, 1.807) is 13.0 Å². The molecule has 0 aromatic carbocycles. The molecule has 8 heavy (non-hydrogen) atoms. The number of allylic oxidation sites excluding steroid dienone is 1. The highest BCUT2D eigenvalue weighted by Gasteiger charge is 1.88. The molecule has 0 fully saturated rings. The van der Waals surface area contributed by atoms with E-state index in [0.29, 0.717) is 5.92 Å². The molecule has 0 spiro atoms. The van der Waals surface area contributed by atoms with E-state index < -0.39 is 6.10 Å². The molecule has 0 aromatic heterocycles. The minimum absolute atomic E-state index is 0.506. The van der Waals surface area contributed by atoms with E-state index in [4.69, 9.17) is 0 Å². The van der Waals surface area contributed by atoms with Crippen molar-refractivity contribution >= 4 is 0 Å². The van der Waals surface area contributed by atoms with E-state index >= 15 is 0 Å². The third-order valence-electron chi connectivity index (χ3n) is 0.767. The Labute approximate surface area is 51.0 Å². The molecule has 0 aliphatic rings. The summed E-state index contributed by atoms with van der Waals surface area (Å²) in [6.45, 7) is 5.75. The fourth-order valence-electron chi connectivity index (χ4n) is 0.379. The Bertz CT molecular complexity index is 62.5. The van der Waals surface area contributed by atoms with Crippen molar-refractivity contribution in [3.63, 3.8) is 0 Å². The average Bonchev–Trinajstić information content (AvgIpc) is 1.61. The van der Waals surface area contributed by atoms with Gasteiger partial charge in [0.1, 0.15) is 6.10 Å². The van der Waals surface area contributed by atoms with Crippen molar-refractivity contribution in [2.75, 3.05) is 0 Å². The standard InChI is InChI=1S/C7H13O/c1-6(2)4-5-7(3)8/h4-7H,1-3H3/b5-4+. The molecule has 0 rings (SSSR count). The van der Waals surface area contributed by atoms with E-state index in [1.165, 1.54) is 0 Å². The van der Waals surface area contributed by atoms with Gasteiger partial charge in [0, 0.05) is 0 Å². The van der Waals surface area contributed by atoms with Crippen LogP contribution in [-0.2, 0) is 5.11 Å². The quantitative estimate of drug-likeness (QED) is 0.488. The maximum atomic E-state index is 10.3. The Morgan fingerprint density at radius 2 is 1.62 bits per heavy atom. The zero-order valence-electron chi connectivity index (χ0n) is 5.72. The maximum absolute atomic E-state index is 10.3. The van der Waals surface area contributed by atoms with E-state index in [2.05, 4.69) is 13.8 Å². The summed E-state index contributed by atoms with van der Waals surface area (Å²) in [5, 5.41) is 10.3. The number of hydrogen-bond acceptors (Lipinski definition) is 0. The molecule has 0 aromatic rings. The number of hydrogen-bond donors (Lipinski definition) is 0. The zero-order chi connectivity index (χ0) is 6.57. The first-order valence-corrected chi connectivity index (χ1v) is 2.97. The Hall–Kier alpha value is -0.300. The van der Waals surface area contributed by atoms with Gasteiger partial charge in [-0.25, -0.2) is 5.11 Å². The van der Waals surface area contributed by atoms with Crippen LogP contribution in [0.25, 0.3) is 0 Å². The van der Waals surface area contributed by atoms with Crippen LogP contribution in [0.15, 0.2) is 12.2 Å². The third-order valence-corrected chi connectivity index (χ3v) is 0.767. The van der Waals surface area contributed by atoms with Gasteiger partial charge in [-0.3, -0.25) is 0 Å². The van der Waals surface area contributed by atoms with Crippen LogP contribution in [-0.4, -0.2) is 6.10 Å². The van der Waals surface area contributed by atoms with Crippen molar-refractivity contribution in [2.45, 2.75) is 26.9 Å². The minimum Gasteiger partial charge on any atom is -0.229 e. The van der Waals surface area contributed by atoms with Gasteiger partial charge in [0.15, 0.2) is 0 Å². The largest absolute Gasteiger partial charge is 0.229 e. The van der Waals surface area contributed by atoms with Gasteiger partial charge >= 0.3 is 0 Å². The molecule has 0 amide bonds. The second kappa shape index (κ2) is 3.67. The molecule has 1 heteroatoms. The maximum Gasteiger partial charge on any atom is 0.108 e. The van der Waals surface area contributed by atoms with Crippen molar-refractivity contribution in [1.82, 2.24) is 0 Å². The predicted octanol–water partition coefficient (Wildman–Crippen LogP) is 2.02. The molecule has 0 heterocycles. The molecule has 1 radical (unpaired) electrons. The normalized spacial score (nSPS) is 15.6. The van der Waals surface area contributed by atoms with Crippen LogP contribution in [0.3, 0.4) is 0 Å². The van der Waals surface area contributed by atoms with Crippen LogP contribution in [0.2, 0.25) is 0 Å². The lowest BCUT2D eigenvalue weighted by Gasteiger charge is -1.93. The highest BCUT2D eigenvalue weighted by Crippen LogP contribution is 1.94. The van der Waals surface area contributed by atoms with Gasteiger partial charge in [-0.1, -0.05) is 26.0 Å². The second-order valence-corrected chi connectivity index (χ2v) is 2.33. The molecule has 0 saturated heterocycles. The molecule has 1 unspecified atom stereocenters. The van der Waals surface area contributed by atoms with Crippen LogP contribution >= 0.6 is 0 Å². The van der Waals surface area contributed by atoms with E-state index in [9.17, 15) is 5.11 Å². The fourth-order valence-corrected chi connectivity index (χ4v) is 0.379. The third kappa shape index (κ3) is 5.70. The fraction of sp³-hybridized carbons (Fsp3) is 0.714. The molecule has 0 bridgehead atoms. The van der Waals surface area contributed by atoms with Gasteiger partial charge in [0.05, 0.1) is 0 Å². The molecule has 1 nitrogen and oxygen atoms in total. The lowest BCUT2D eigenvalue weighted by atomic mass is 10.2. The lowest BCUT2D eigenvalue weighted by molar-refractivity contribution is 0.146. The monoisotopic (exact) mass is 113 g/mol. The van der Waals surface area contributed by atoms with Crippen LogP contribution < -0.4 is 0 Å². The molecule has 0 N–H and O–H groups in total. The van der Waals surface area contributed by atoms with Crippen molar-refractivity contribution in [1.29, 1.82) is 0 Å². The van der Waals surface area contributed by atoms with E-state index in [0.717, 1.165) is 0 Å². The molecule has 1 atom stereocenters. The summed E-state index contributed by atoms with van der Waals surface area (Å²) in [6, 6.07) is 0. The SMILES string of the molecule is CC(C)/C=C/C(C)[O]. The Morgan fingerprint density at radius 1 is 1.12 bits per heavy atom. The van der Waals surface area contributed by atoms with Crippen molar-refractivity contribution < 1.29 is 5.11 Å². The van der Waals surface area contributed by atoms with Crippen molar-refractivity contribution in [2.24, 2.45) is 5.92 Å². The first-order chi connectivity index (χ1) is 3.63. The average molecular weight is 113 g/mol. The Kier molecular flexibility index (Phi) is 3.53. The first-order valence-electron chi connectivity index (χ1n) is 2.97. The van der Waals surface area contributed by atoms with Gasteiger partial charge in [0.2, 0.25) is 0 Å². The van der Waals surface area contributed by atoms with E-state index in [-0.39, 0.29) is 0 Å². The topological polar surface area (TPSA) is 19.9 Å². The highest BCUT2D eigenvalue weighted by atomic mass is 16.3. The molecular weight excluding hydrogens is 100 g/mol. The molecule has 0 aliphatic carbocycles. The summed E-state index contributed by atoms with van der Waals surface area (Å²) >= 11 is 0. The molecule has 0 saturated carbocycles. The summed E-state index contributed by atoms with van der Waals surface area (Å²) in [5.41, 5.74) is 0. The van der Waals surface area contributed by atoms with Gasteiger partial charge < -0.3 is 0 Å².